The fraction of sp³-hybridized carbons (Fsp3) is 0.393. The highest BCUT2D eigenvalue weighted by atomic mass is 19.4. The summed E-state index contributed by atoms with van der Waals surface area (Å²) < 4.78 is 87.4. The van der Waals surface area contributed by atoms with E-state index in [0.717, 1.165) is 18.4 Å². The van der Waals surface area contributed by atoms with E-state index in [1.807, 2.05) is 0 Å². The molecule has 3 aromatic rings. The van der Waals surface area contributed by atoms with Gasteiger partial charge in [-0.3, -0.25) is 0 Å². The van der Waals surface area contributed by atoms with Crippen molar-refractivity contribution in [3.8, 4) is 17.3 Å². The van der Waals surface area contributed by atoms with Crippen molar-refractivity contribution < 1.29 is 35.6 Å². The molecule has 0 radical (unpaired) electrons. The molecule has 2 saturated heterocycles. The summed E-state index contributed by atoms with van der Waals surface area (Å²) in [5.41, 5.74) is -0.814. The lowest BCUT2D eigenvalue weighted by Crippen LogP contribution is -2.51. The zero-order valence-corrected chi connectivity index (χ0v) is 21.1. The third kappa shape index (κ3) is 5.64. The third-order valence-electron chi connectivity index (χ3n) is 7.51. The van der Waals surface area contributed by atoms with E-state index >= 15 is 0 Å². The van der Waals surface area contributed by atoms with Crippen molar-refractivity contribution >= 4 is 6.03 Å². The van der Waals surface area contributed by atoms with Gasteiger partial charge in [-0.1, -0.05) is 18.2 Å². The van der Waals surface area contributed by atoms with Crippen molar-refractivity contribution in [3.63, 3.8) is 0 Å². The third-order valence-corrected chi connectivity index (χ3v) is 7.51. The number of nitrogens with zero attached hydrogens (tertiary/aromatic N) is 4. The lowest BCUT2D eigenvalue weighted by Gasteiger charge is -2.40. The van der Waals surface area contributed by atoms with Crippen LogP contribution in [0.4, 0.5) is 31.1 Å². The first-order chi connectivity index (χ1) is 19.0. The van der Waals surface area contributed by atoms with Crippen molar-refractivity contribution in [2.45, 2.75) is 37.3 Å². The SMILES string of the molecule is N#CC1CCN(C(=O)N2CC(c3cccc(C(F)(F)F)c3)CC(c3nc(-c4cc(F)c(F)cc4F)co3)C2)CC1. The van der Waals surface area contributed by atoms with Gasteiger partial charge in [-0.25, -0.2) is 22.9 Å². The molecule has 3 heterocycles. The molecule has 0 bridgehead atoms. The number of rotatable bonds is 3. The molecule has 0 N–H and O–H groups in total. The van der Waals surface area contributed by atoms with Crippen LogP contribution >= 0.6 is 0 Å². The van der Waals surface area contributed by atoms with Crippen LogP contribution < -0.4 is 0 Å². The number of alkyl halides is 3. The van der Waals surface area contributed by atoms with E-state index in [1.165, 1.54) is 11.0 Å². The number of carbonyl (C=O) groups excluding carboxylic acids is 1. The molecule has 5 rings (SSSR count). The van der Waals surface area contributed by atoms with Crippen LogP contribution in [0.5, 0.6) is 0 Å². The molecule has 2 aliphatic rings. The number of hydrogen-bond donors (Lipinski definition) is 0. The number of piperidine rings is 2. The summed E-state index contributed by atoms with van der Waals surface area (Å²) in [5, 5.41) is 9.17. The highest BCUT2D eigenvalue weighted by molar-refractivity contribution is 5.75. The fourth-order valence-corrected chi connectivity index (χ4v) is 5.36. The minimum Gasteiger partial charge on any atom is -0.448 e. The van der Waals surface area contributed by atoms with E-state index in [4.69, 9.17) is 4.42 Å². The van der Waals surface area contributed by atoms with Crippen LogP contribution in [0.25, 0.3) is 11.3 Å². The average Bonchev–Trinajstić information content (AvgIpc) is 3.44. The first-order valence-electron chi connectivity index (χ1n) is 12.7. The second-order valence-electron chi connectivity index (χ2n) is 10.1. The normalized spacial score (nSPS) is 20.4. The van der Waals surface area contributed by atoms with Crippen LogP contribution in [0.15, 0.2) is 47.1 Å². The van der Waals surface area contributed by atoms with Gasteiger partial charge in [-0.05, 0) is 37.0 Å². The summed E-state index contributed by atoms with van der Waals surface area (Å²) >= 11 is 0. The van der Waals surface area contributed by atoms with Gasteiger partial charge in [0, 0.05) is 49.6 Å². The number of halogens is 6. The van der Waals surface area contributed by atoms with Gasteiger partial charge in [0.25, 0.3) is 0 Å². The first kappa shape index (κ1) is 27.6. The number of urea groups is 1. The Morgan fingerprint density at radius 1 is 0.975 bits per heavy atom. The molecule has 6 nitrogen and oxygen atoms in total. The molecule has 2 fully saturated rings. The summed E-state index contributed by atoms with van der Waals surface area (Å²) in [5.74, 6) is -4.78. The molecule has 2 atom stereocenters. The van der Waals surface area contributed by atoms with Crippen molar-refractivity contribution in [2.75, 3.05) is 26.2 Å². The van der Waals surface area contributed by atoms with Crippen LogP contribution in [-0.2, 0) is 6.18 Å². The fourth-order valence-electron chi connectivity index (χ4n) is 5.36. The van der Waals surface area contributed by atoms with E-state index in [2.05, 4.69) is 11.1 Å². The number of hydrogen-bond acceptors (Lipinski definition) is 4. The Morgan fingerprint density at radius 3 is 2.38 bits per heavy atom. The zero-order valence-electron chi connectivity index (χ0n) is 21.1. The standard InChI is InChI=1S/C28H24F6N4O2/c29-22-11-24(31)23(30)10-21(22)25-15-40-26(36-25)19-8-18(17-2-1-3-20(9-17)28(32,33)34)13-38(14-19)27(39)37-6-4-16(12-35)5-7-37/h1-3,9-11,15-16,18-19H,4-8,13-14H2. The summed E-state index contributed by atoms with van der Waals surface area (Å²) in [6.07, 6.45) is -2.12. The summed E-state index contributed by atoms with van der Waals surface area (Å²) in [6, 6.07) is 7.89. The maximum absolute atomic E-state index is 14.4. The lowest BCUT2D eigenvalue weighted by atomic mass is 9.84. The van der Waals surface area contributed by atoms with Gasteiger partial charge in [0.2, 0.25) is 0 Å². The molecule has 2 aliphatic heterocycles. The van der Waals surface area contributed by atoms with Crippen LogP contribution in [-0.4, -0.2) is 47.0 Å². The predicted molar refractivity (Wildman–Crippen MR) is 130 cm³/mol. The van der Waals surface area contributed by atoms with E-state index in [9.17, 15) is 36.4 Å². The quantitative estimate of drug-likeness (QED) is 0.263. The summed E-state index contributed by atoms with van der Waals surface area (Å²) in [6.45, 7) is 1.04. The molecule has 0 spiro atoms. The Kier molecular flexibility index (Phi) is 7.49. The van der Waals surface area contributed by atoms with Crippen molar-refractivity contribution in [1.29, 1.82) is 5.26 Å². The minimum atomic E-state index is -4.54. The Balaban J connectivity index is 1.45. The molecule has 2 aromatic carbocycles. The summed E-state index contributed by atoms with van der Waals surface area (Å²) in [4.78, 5) is 20.9. The lowest BCUT2D eigenvalue weighted by molar-refractivity contribution is -0.137. The first-order valence-corrected chi connectivity index (χ1v) is 12.7. The molecule has 0 saturated carbocycles. The molecular weight excluding hydrogens is 538 g/mol. The highest BCUT2D eigenvalue weighted by Gasteiger charge is 2.38. The largest absolute Gasteiger partial charge is 0.448 e. The molecule has 210 valence electrons. The highest BCUT2D eigenvalue weighted by Crippen LogP contribution is 2.39. The molecule has 2 amide bonds. The van der Waals surface area contributed by atoms with Crippen LogP contribution in [0.2, 0.25) is 0 Å². The predicted octanol–water partition coefficient (Wildman–Crippen LogP) is 6.71. The minimum absolute atomic E-state index is 0.0796. The van der Waals surface area contributed by atoms with Gasteiger partial charge in [-0.15, -0.1) is 0 Å². The van der Waals surface area contributed by atoms with Gasteiger partial charge in [-0.2, -0.15) is 18.4 Å². The summed E-state index contributed by atoms with van der Waals surface area (Å²) in [7, 11) is 0. The average molecular weight is 563 g/mol. The number of carbonyl (C=O) groups is 1. The van der Waals surface area contributed by atoms with Crippen LogP contribution in [0.3, 0.4) is 0 Å². The topological polar surface area (TPSA) is 73.4 Å². The number of benzene rings is 2. The van der Waals surface area contributed by atoms with Gasteiger partial charge >= 0.3 is 12.2 Å². The molecule has 12 heteroatoms. The smallest absolute Gasteiger partial charge is 0.416 e. The number of likely N-dealkylation sites (tertiary alicyclic amines) is 2. The Bertz CT molecular complexity index is 1440. The Hall–Kier alpha value is -4.01. The number of amides is 2. The molecule has 2 unspecified atom stereocenters. The van der Waals surface area contributed by atoms with Gasteiger partial charge in [0.1, 0.15) is 17.8 Å². The second kappa shape index (κ2) is 10.9. The van der Waals surface area contributed by atoms with Gasteiger partial charge in [0.15, 0.2) is 17.5 Å². The van der Waals surface area contributed by atoms with E-state index in [0.29, 0.717) is 43.6 Å². The Morgan fingerprint density at radius 2 is 1.68 bits per heavy atom. The molecule has 0 aliphatic carbocycles. The molecule has 40 heavy (non-hydrogen) atoms. The van der Waals surface area contributed by atoms with Crippen LogP contribution in [0, 0.1) is 34.7 Å². The monoisotopic (exact) mass is 562 g/mol. The van der Waals surface area contributed by atoms with Crippen molar-refractivity contribution in [2.24, 2.45) is 5.92 Å². The maximum atomic E-state index is 14.4. The zero-order chi connectivity index (χ0) is 28.6. The number of nitriles is 1. The van der Waals surface area contributed by atoms with Crippen molar-refractivity contribution in [1.82, 2.24) is 14.8 Å². The second-order valence-corrected chi connectivity index (χ2v) is 10.1. The molecular formula is C28H24F6N4O2. The number of aromatic nitrogens is 1. The van der Waals surface area contributed by atoms with Gasteiger partial charge in [0.05, 0.1) is 17.6 Å². The van der Waals surface area contributed by atoms with Crippen molar-refractivity contribution in [3.05, 3.63) is 77.1 Å². The Labute approximate surface area is 225 Å². The van der Waals surface area contributed by atoms with Gasteiger partial charge < -0.3 is 14.2 Å². The maximum Gasteiger partial charge on any atom is 0.416 e. The number of oxazole rings is 1. The van der Waals surface area contributed by atoms with E-state index < -0.39 is 41.0 Å². The van der Waals surface area contributed by atoms with E-state index in [-0.39, 0.29) is 48.6 Å². The molecule has 1 aromatic heterocycles. The van der Waals surface area contributed by atoms with Crippen LogP contribution in [0.1, 0.15) is 48.1 Å². The van der Waals surface area contributed by atoms with E-state index in [1.54, 1.807) is 11.0 Å².